The first-order chi connectivity index (χ1) is 9.13. The maximum absolute atomic E-state index is 12.3. The van der Waals surface area contributed by atoms with E-state index < -0.39 is 0 Å². The minimum atomic E-state index is 0.00106. The summed E-state index contributed by atoms with van der Waals surface area (Å²) < 4.78 is 0. The van der Waals surface area contributed by atoms with Crippen molar-refractivity contribution in [1.82, 2.24) is 9.88 Å². The van der Waals surface area contributed by atoms with Crippen molar-refractivity contribution in [3.05, 3.63) is 22.8 Å². The average molecular weight is 282 g/mol. The third-order valence-electron chi connectivity index (χ3n) is 3.57. The minimum absolute atomic E-state index is 0.00106. The zero-order valence-corrected chi connectivity index (χ0v) is 12.2. The van der Waals surface area contributed by atoms with Gasteiger partial charge in [0.1, 0.15) is 5.82 Å². The quantitative estimate of drug-likeness (QED) is 0.902. The highest BCUT2D eigenvalue weighted by Crippen LogP contribution is 2.26. The molecule has 2 rings (SSSR count). The van der Waals surface area contributed by atoms with Gasteiger partial charge in [0.15, 0.2) is 0 Å². The summed E-state index contributed by atoms with van der Waals surface area (Å²) in [7, 11) is 1.85. The number of carbonyl (C=O) groups excluding carboxylic acids is 1. The van der Waals surface area contributed by atoms with Gasteiger partial charge >= 0.3 is 0 Å². The zero-order chi connectivity index (χ0) is 13.8. The Kier molecular flexibility index (Phi) is 4.64. The second-order valence-corrected chi connectivity index (χ2v) is 5.39. The van der Waals surface area contributed by atoms with E-state index in [1.54, 1.807) is 17.2 Å². The fourth-order valence-electron chi connectivity index (χ4n) is 2.07. The van der Waals surface area contributed by atoms with Gasteiger partial charge in [-0.05, 0) is 31.7 Å². The molecule has 1 aromatic rings. The smallest absolute Gasteiger partial charge is 0.255 e. The molecule has 1 aliphatic rings. The number of rotatable bonds is 5. The molecule has 1 saturated carbocycles. The normalized spacial score (nSPS) is 14.9. The molecular formula is C14H20ClN3O. The predicted octanol–water partition coefficient (Wildman–Crippen LogP) is 3.18. The first-order valence-corrected chi connectivity index (χ1v) is 7.18. The molecule has 0 unspecified atom stereocenters. The molecule has 0 radical (unpaired) electrons. The molecule has 1 aromatic heterocycles. The summed E-state index contributed by atoms with van der Waals surface area (Å²) in [5.74, 6) is 0.646. The summed E-state index contributed by atoms with van der Waals surface area (Å²) >= 11 is 6.15. The summed E-state index contributed by atoms with van der Waals surface area (Å²) in [6.07, 6.45) is 6.00. The van der Waals surface area contributed by atoms with Crippen molar-refractivity contribution in [1.29, 1.82) is 0 Å². The summed E-state index contributed by atoms with van der Waals surface area (Å²) in [5, 5.41) is 3.64. The van der Waals surface area contributed by atoms with Crippen LogP contribution in [0.3, 0.4) is 0 Å². The van der Waals surface area contributed by atoms with Gasteiger partial charge < -0.3 is 10.2 Å². The van der Waals surface area contributed by atoms with E-state index in [0.29, 0.717) is 22.4 Å². The van der Waals surface area contributed by atoms with Gasteiger partial charge in [0.2, 0.25) is 0 Å². The highest BCUT2D eigenvalue weighted by Gasteiger charge is 2.26. The van der Waals surface area contributed by atoms with Crippen LogP contribution in [0.15, 0.2) is 12.3 Å². The second-order valence-electron chi connectivity index (χ2n) is 4.98. The first kappa shape index (κ1) is 14.1. The lowest BCUT2D eigenvalue weighted by molar-refractivity contribution is 0.0651. The molecule has 1 heterocycles. The lowest BCUT2D eigenvalue weighted by atomic mass is 9.91. The van der Waals surface area contributed by atoms with E-state index in [0.717, 1.165) is 25.8 Å². The Morgan fingerprint density at radius 3 is 2.84 bits per heavy atom. The minimum Gasteiger partial charge on any atom is -0.369 e. The van der Waals surface area contributed by atoms with Crippen LogP contribution in [0.4, 0.5) is 5.82 Å². The third-order valence-corrected chi connectivity index (χ3v) is 3.86. The van der Waals surface area contributed by atoms with Crippen molar-refractivity contribution >= 4 is 23.3 Å². The number of carbonyl (C=O) groups is 1. The lowest BCUT2D eigenvalue weighted by Crippen LogP contribution is -2.41. The molecule has 1 aliphatic carbocycles. The topological polar surface area (TPSA) is 45.2 Å². The van der Waals surface area contributed by atoms with Gasteiger partial charge in [-0.15, -0.1) is 0 Å². The van der Waals surface area contributed by atoms with Crippen LogP contribution in [0.1, 0.15) is 43.0 Å². The molecule has 0 atom stereocenters. The van der Waals surface area contributed by atoms with E-state index in [9.17, 15) is 4.79 Å². The number of anilines is 1. The second kappa shape index (κ2) is 6.24. The summed E-state index contributed by atoms with van der Waals surface area (Å²) in [6.45, 7) is 2.90. The van der Waals surface area contributed by atoms with Crippen molar-refractivity contribution in [3.8, 4) is 0 Å². The fraction of sp³-hybridized carbons (Fsp3) is 0.571. The van der Waals surface area contributed by atoms with Gasteiger partial charge in [-0.2, -0.15) is 0 Å². The SMILES string of the molecule is CCCNc1ncc(C(=O)N(C)C2CCC2)cc1Cl. The molecule has 4 nitrogen and oxygen atoms in total. The molecule has 1 fully saturated rings. The molecule has 1 N–H and O–H groups in total. The van der Waals surface area contributed by atoms with E-state index in [1.165, 1.54) is 6.42 Å². The lowest BCUT2D eigenvalue weighted by Gasteiger charge is -2.34. The summed E-state index contributed by atoms with van der Waals surface area (Å²) in [5.41, 5.74) is 0.557. The van der Waals surface area contributed by atoms with E-state index in [-0.39, 0.29) is 5.91 Å². The van der Waals surface area contributed by atoms with Crippen molar-refractivity contribution < 1.29 is 4.79 Å². The van der Waals surface area contributed by atoms with Crippen LogP contribution >= 0.6 is 11.6 Å². The highest BCUT2D eigenvalue weighted by molar-refractivity contribution is 6.33. The van der Waals surface area contributed by atoms with E-state index in [2.05, 4.69) is 17.2 Å². The average Bonchev–Trinajstić information content (AvgIpc) is 2.34. The number of nitrogens with zero attached hydrogens (tertiary/aromatic N) is 2. The van der Waals surface area contributed by atoms with Crippen molar-refractivity contribution in [2.45, 2.75) is 38.6 Å². The van der Waals surface area contributed by atoms with Crippen molar-refractivity contribution in [2.24, 2.45) is 0 Å². The monoisotopic (exact) mass is 281 g/mol. The molecule has 5 heteroatoms. The fourth-order valence-corrected chi connectivity index (χ4v) is 2.30. The Morgan fingerprint density at radius 2 is 2.32 bits per heavy atom. The van der Waals surface area contributed by atoms with E-state index >= 15 is 0 Å². The molecule has 104 valence electrons. The van der Waals surface area contributed by atoms with Crippen LogP contribution in [0.2, 0.25) is 5.02 Å². The van der Waals surface area contributed by atoms with Gasteiger partial charge in [0.25, 0.3) is 5.91 Å². The largest absolute Gasteiger partial charge is 0.369 e. The number of hydrogen-bond donors (Lipinski definition) is 1. The molecule has 0 aliphatic heterocycles. The predicted molar refractivity (Wildman–Crippen MR) is 77.8 cm³/mol. The van der Waals surface area contributed by atoms with E-state index in [1.807, 2.05) is 7.05 Å². The van der Waals surface area contributed by atoms with Crippen LogP contribution in [0.25, 0.3) is 0 Å². The van der Waals surface area contributed by atoms with Crippen LogP contribution in [-0.4, -0.2) is 35.4 Å². The molecule has 1 amide bonds. The molecule has 0 bridgehead atoms. The van der Waals surface area contributed by atoms with Crippen molar-refractivity contribution in [2.75, 3.05) is 18.9 Å². The van der Waals surface area contributed by atoms with Crippen LogP contribution in [0, 0.1) is 0 Å². The third kappa shape index (κ3) is 3.18. The number of amides is 1. The van der Waals surface area contributed by atoms with Crippen LogP contribution in [0.5, 0.6) is 0 Å². The number of hydrogen-bond acceptors (Lipinski definition) is 3. The van der Waals surface area contributed by atoms with Gasteiger partial charge in [0, 0.05) is 25.8 Å². The molecule has 0 spiro atoms. The molecule has 0 saturated heterocycles. The number of pyridine rings is 1. The van der Waals surface area contributed by atoms with Crippen LogP contribution in [-0.2, 0) is 0 Å². The van der Waals surface area contributed by atoms with E-state index in [4.69, 9.17) is 11.6 Å². The molecular weight excluding hydrogens is 262 g/mol. The Bertz CT molecular complexity index is 460. The van der Waals surface area contributed by atoms with Gasteiger partial charge in [0.05, 0.1) is 10.6 Å². The molecule has 19 heavy (non-hydrogen) atoms. The highest BCUT2D eigenvalue weighted by atomic mass is 35.5. The first-order valence-electron chi connectivity index (χ1n) is 6.80. The number of aromatic nitrogens is 1. The molecule has 0 aromatic carbocycles. The zero-order valence-electron chi connectivity index (χ0n) is 11.4. The maximum atomic E-state index is 12.3. The standard InChI is InChI=1S/C14H20ClN3O/c1-3-7-16-13-12(15)8-10(9-17-13)14(19)18(2)11-5-4-6-11/h8-9,11H,3-7H2,1-2H3,(H,16,17). The van der Waals surface area contributed by atoms with Gasteiger partial charge in [-0.3, -0.25) is 4.79 Å². The Balaban J connectivity index is 2.07. The summed E-state index contributed by atoms with van der Waals surface area (Å²) in [6, 6.07) is 2.08. The number of halogens is 1. The Labute approximate surface area is 119 Å². The number of nitrogens with one attached hydrogen (secondary N) is 1. The Morgan fingerprint density at radius 1 is 1.58 bits per heavy atom. The van der Waals surface area contributed by atoms with Gasteiger partial charge in [-0.1, -0.05) is 18.5 Å². The van der Waals surface area contributed by atoms with Gasteiger partial charge in [-0.25, -0.2) is 4.98 Å². The maximum Gasteiger partial charge on any atom is 0.255 e. The summed E-state index contributed by atoms with van der Waals surface area (Å²) in [4.78, 5) is 18.3. The van der Waals surface area contributed by atoms with Crippen LogP contribution < -0.4 is 5.32 Å². The van der Waals surface area contributed by atoms with Crippen molar-refractivity contribution in [3.63, 3.8) is 0 Å². The Hall–Kier alpha value is -1.29.